The predicted octanol–water partition coefficient (Wildman–Crippen LogP) is 3.97. The summed E-state index contributed by atoms with van der Waals surface area (Å²) in [6, 6.07) is 14.6. The number of amides is 1. The fourth-order valence-electron chi connectivity index (χ4n) is 2.84. The summed E-state index contributed by atoms with van der Waals surface area (Å²) in [5.41, 5.74) is 8.97. The summed E-state index contributed by atoms with van der Waals surface area (Å²) in [7, 11) is 0. The Bertz CT molecular complexity index is 1160. The van der Waals surface area contributed by atoms with E-state index in [2.05, 4.69) is 37.8 Å². The number of hydrogen-bond acceptors (Lipinski definition) is 7. The molecule has 170 valence electrons. The van der Waals surface area contributed by atoms with Crippen LogP contribution in [0.4, 0.5) is 33.2 Å². The quantitative estimate of drug-likeness (QED) is 0.236. The molecule has 0 unspecified atom stereocenters. The third-order valence-corrected chi connectivity index (χ3v) is 4.29. The average molecular weight is 448 g/mol. The number of aromatic nitrogens is 2. The molecule has 1 amide bonds. The van der Waals surface area contributed by atoms with E-state index in [-0.39, 0.29) is 17.7 Å². The van der Waals surface area contributed by atoms with E-state index in [1.54, 1.807) is 30.3 Å². The number of halogens is 1. The van der Waals surface area contributed by atoms with Gasteiger partial charge >= 0.3 is 0 Å². The van der Waals surface area contributed by atoms with Crippen LogP contribution in [0, 0.1) is 12.7 Å². The van der Waals surface area contributed by atoms with Crippen LogP contribution in [0.2, 0.25) is 0 Å². The molecule has 0 aliphatic rings. The van der Waals surface area contributed by atoms with Gasteiger partial charge in [0.2, 0.25) is 11.9 Å². The first-order valence-electron chi connectivity index (χ1n) is 10.2. The third kappa shape index (κ3) is 7.75. The minimum atomic E-state index is -0.569. The number of carbonyl (C=O) groups is 1. The monoisotopic (exact) mass is 447 g/mol. The van der Waals surface area contributed by atoms with Gasteiger partial charge in [-0.3, -0.25) is 4.79 Å². The van der Waals surface area contributed by atoms with Gasteiger partial charge < -0.3 is 27.0 Å². The number of rotatable bonds is 10. The predicted molar refractivity (Wildman–Crippen MR) is 130 cm³/mol. The SMILES string of the molecule is C=C(N)CNC/C=C/C(=O)Nc1cccc(Nc2ncc(F)c(Nc3cccc(C)c3)n2)c1. The molecule has 0 spiro atoms. The van der Waals surface area contributed by atoms with E-state index >= 15 is 0 Å². The molecule has 0 atom stereocenters. The van der Waals surface area contributed by atoms with E-state index in [9.17, 15) is 9.18 Å². The zero-order chi connectivity index (χ0) is 23.6. The molecule has 0 radical (unpaired) electrons. The Balaban J connectivity index is 1.62. The van der Waals surface area contributed by atoms with Crippen molar-refractivity contribution in [3.63, 3.8) is 0 Å². The largest absolute Gasteiger partial charge is 0.401 e. The lowest BCUT2D eigenvalue weighted by Crippen LogP contribution is -2.20. The third-order valence-electron chi connectivity index (χ3n) is 4.29. The van der Waals surface area contributed by atoms with Crippen LogP contribution in [0.15, 0.2) is 79.2 Å². The summed E-state index contributed by atoms with van der Waals surface area (Å²) < 4.78 is 14.2. The van der Waals surface area contributed by atoms with E-state index < -0.39 is 5.82 Å². The second-order valence-electron chi connectivity index (χ2n) is 7.27. The molecule has 1 heterocycles. The van der Waals surface area contributed by atoms with E-state index in [0.717, 1.165) is 17.4 Å². The van der Waals surface area contributed by atoms with Crippen molar-refractivity contribution in [3.8, 4) is 0 Å². The van der Waals surface area contributed by atoms with Gasteiger partial charge in [-0.25, -0.2) is 9.37 Å². The van der Waals surface area contributed by atoms with Crippen LogP contribution in [0.5, 0.6) is 0 Å². The highest BCUT2D eigenvalue weighted by molar-refractivity contribution is 5.99. The Morgan fingerprint density at radius 3 is 2.61 bits per heavy atom. The van der Waals surface area contributed by atoms with Crippen LogP contribution in [-0.2, 0) is 4.79 Å². The Morgan fingerprint density at radius 2 is 1.85 bits per heavy atom. The van der Waals surface area contributed by atoms with E-state index in [4.69, 9.17) is 5.73 Å². The summed E-state index contributed by atoms with van der Waals surface area (Å²) >= 11 is 0. The molecule has 0 saturated heterocycles. The normalized spacial score (nSPS) is 10.7. The zero-order valence-corrected chi connectivity index (χ0v) is 18.2. The molecular formula is C24H26FN7O. The van der Waals surface area contributed by atoms with Gasteiger partial charge in [-0.05, 0) is 42.8 Å². The van der Waals surface area contributed by atoms with Gasteiger partial charge in [-0.2, -0.15) is 4.98 Å². The minimum absolute atomic E-state index is 0.0551. The van der Waals surface area contributed by atoms with Crippen molar-refractivity contribution in [2.75, 3.05) is 29.0 Å². The van der Waals surface area contributed by atoms with Gasteiger partial charge in [0.05, 0.1) is 6.20 Å². The van der Waals surface area contributed by atoms with Crippen molar-refractivity contribution in [2.24, 2.45) is 5.73 Å². The smallest absolute Gasteiger partial charge is 0.248 e. The first-order valence-corrected chi connectivity index (χ1v) is 10.2. The van der Waals surface area contributed by atoms with E-state index in [1.165, 1.54) is 6.08 Å². The van der Waals surface area contributed by atoms with Gasteiger partial charge in [0.15, 0.2) is 11.6 Å². The van der Waals surface area contributed by atoms with E-state index in [1.807, 2.05) is 31.2 Å². The number of nitrogens with one attached hydrogen (secondary N) is 4. The van der Waals surface area contributed by atoms with Crippen molar-refractivity contribution in [3.05, 3.63) is 90.5 Å². The average Bonchev–Trinajstić information content (AvgIpc) is 2.76. The second-order valence-corrected chi connectivity index (χ2v) is 7.27. The van der Waals surface area contributed by atoms with Gasteiger partial charge in [0, 0.05) is 41.9 Å². The molecule has 0 aliphatic carbocycles. The number of anilines is 5. The fourth-order valence-corrected chi connectivity index (χ4v) is 2.84. The number of carbonyl (C=O) groups excluding carboxylic acids is 1. The number of nitrogens with zero attached hydrogens (tertiary/aromatic N) is 2. The molecule has 0 fully saturated rings. The first kappa shape index (κ1) is 23.4. The van der Waals surface area contributed by atoms with Crippen LogP contribution in [0.25, 0.3) is 0 Å². The highest BCUT2D eigenvalue weighted by Gasteiger charge is 2.09. The molecule has 1 aromatic heterocycles. The topological polar surface area (TPSA) is 117 Å². The Kier molecular flexibility index (Phi) is 8.09. The maximum absolute atomic E-state index is 14.2. The molecule has 3 rings (SSSR count). The van der Waals surface area contributed by atoms with Gasteiger partial charge in [0.1, 0.15) is 0 Å². The number of hydrogen-bond donors (Lipinski definition) is 5. The summed E-state index contributed by atoms with van der Waals surface area (Å²) in [4.78, 5) is 20.3. The molecule has 0 saturated carbocycles. The Hall–Kier alpha value is -4.24. The lowest BCUT2D eigenvalue weighted by Gasteiger charge is -2.11. The number of aryl methyl sites for hydroxylation is 1. The Labute approximate surface area is 191 Å². The lowest BCUT2D eigenvalue weighted by molar-refractivity contribution is -0.111. The summed E-state index contributed by atoms with van der Waals surface area (Å²) in [6.45, 7) is 6.51. The van der Waals surface area contributed by atoms with Crippen molar-refractivity contribution >= 4 is 34.7 Å². The molecule has 8 nitrogen and oxygen atoms in total. The summed E-state index contributed by atoms with van der Waals surface area (Å²) in [5.74, 6) is -0.578. The zero-order valence-electron chi connectivity index (χ0n) is 18.2. The van der Waals surface area contributed by atoms with Crippen LogP contribution in [0.3, 0.4) is 0 Å². The highest BCUT2D eigenvalue weighted by Crippen LogP contribution is 2.22. The molecule has 9 heteroatoms. The van der Waals surface area contributed by atoms with Crippen LogP contribution < -0.4 is 27.0 Å². The highest BCUT2D eigenvalue weighted by atomic mass is 19.1. The van der Waals surface area contributed by atoms with Crippen LogP contribution in [0.1, 0.15) is 5.56 Å². The number of benzene rings is 2. The molecular weight excluding hydrogens is 421 g/mol. The maximum Gasteiger partial charge on any atom is 0.248 e. The molecule has 0 aliphatic heterocycles. The Morgan fingerprint density at radius 1 is 1.12 bits per heavy atom. The van der Waals surface area contributed by atoms with Gasteiger partial charge in [0.25, 0.3) is 0 Å². The van der Waals surface area contributed by atoms with E-state index in [0.29, 0.717) is 30.2 Å². The summed E-state index contributed by atoms with van der Waals surface area (Å²) in [6.07, 6.45) is 4.21. The standard InChI is InChI=1S/C24H26FN7O/c1-16-6-3-7-18(12-16)30-23-21(25)15-28-24(32-23)31-20-9-4-8-19(13-20)29-22(33)10-5-11-27-14-17(2)26/h3-10,12-13,15,27H,2,11,14,26H2,1H3,(H,29,33)(H2,28,30,31,32)/b10-5+. The van der Waals surface area contributed by atoms with Crippen LogP contribution >= 0.6 is 0 Å². The first-order chi connectivity index (χ1) is 15.9. The van der Waals surface area contributed by atoms with Crippen LogP contribution in [-0.4, -0.2) is 29.0 Å². The van der Waals surface area contributed by atoms with Crippen molar-refractivity contribution in [1.82, 2.24) is 15.3 Å². The van der Waals surface area contributed by atoms with Gasteiger partial charge in [-0.15, -0.1) is 0 Å². The number of nitrogens with two attached hydrogens (primary N) is 1. The molecule has 6 N–H and O–H groups in total. The van der Waals surface area contributed by atoms with Crippen molar-refractivity contribution in [1.29, 1.82) is 0 Å². The lowest BCUT2D eigenvalue weighted by atomic mass is 10.2. The molecule has 33 heavy (non-hydrogen) atoms. The fraction of sp³-hybridized carbons (Fsp3) is 0.125. The maximum atomic E-state index is 14.2. The molecule has 0 bridgehead atoms. The summed E-state index contributed by atoms with van der Waals surface area (Å²) in [5, 5.41) is 11.8. The van der Waals surface area contributed by atoms with Gasteiger partial charge in [-0.1, -0.05) is 30.9 Å². The van der Waals surface area contributed by atoms with Crippen molar-refractivity contribution in [2.45, 2.75) is 6.92 Å². The molecule has 3 aromatic rings. The minimum Gasteiger partial charge on any atom is -0.401 e. The second kappa shape index (κ2) is 11.4. The van der Waals surface area contributed by atoms with Crippen molar-refractivity contribution < 1.29 is 9.18 Å². The molecule has 2 aromatic carbocycles.